The number of hydrogen-bond acceptors (Lipinski definition) is 6. The van der Waals surface area contributed by atoms with Crippen molar-refractivity contribution in [2.24, 2.45) is 16.5 Å². The van der Waals surface area contributed by atoms with Gasteiger partial charge in [0.15, 0.2) is 5.96 Å². The molecule has 0 unspecified atom stereocenters. The molecule has 0 bridgehead atoms. The highest BCUT2D eigenvalue weighted by Crippen LogP contribution is 2.15. The predicted molar refractivity (Wildman–Crippen MR) is 145 cm³/mol. The van der Waals surface area contributed by atoms with Gasteiger partial charge in [0.25, 0.3) is 0 Å². The smallest absolute Gasteiger partial charge is 0.408 e. The Kier molecular flexibility index (Phi) is 11.7. The van der Waals surface area contributed by atoms with Crippen LogP contribution in [0.1, 0.15) is 37.8 Å². The van der Waals surface area contributed by atoms with Crippen molar-refractivity contribution < 1.29 is 29.0 Å². The van der Waals surface area contributed by atoms with E-state index in [0.717, 1.165) is 11.1 Å². The fourth-order valence-electron chi connectivity index (χ4n) is 3.65. The summed E-state index contributed by atoms with van der Waals surface area (Å²) in [5.74, 6) is -2.70. The Balaban J connectivity index is 2.06. The van der Waals surface area contributed by atoms with E-state index in [2.05, 4.69) is 20.9 Å². The monoisotopic (exact) mass is 540 g/mol. The molecule has 8 N–H and O–H groups in total. The van der Waals surface area contributed by atoms with Crippen LogP contribution in [0.3, 0.4) is 0 Å². The number of amides is 3. The van der Waals surface area contributed by atoms with Gasteiger partial charge in [0, 0.05) is 13.0 Å². The Labute approximate surface area is 227 Å². The van der Waals surface area contributed by atoms with Crippen LogP contribution in [0.2, 0.25) is 0 Å². The first kappa shape index (κ1) is 30.6. The number of nitrogens with zero attached hydrogens (tertiary/aromatic N) is 1. The number of rotatable bonds is 14. The van der Waals surface area contributed by atoms with Gasteiger partial charge in [-0.2, -0.15) is 0 Å². The highest BCUT2D eigenvalue weighted by atomic mass is 16.5. The Morgan fingerprint density at radius 2 is 1.56 bits per heavy atom. The van der Waals surface area contributed by atoms with E-state index in [4.69, 9.17) is 16.2 Å². The molecule has 0 radical (unpaired) electrons. The molecule has 3 atom stereocenters. The van der Waals surface area contributed by atoms with E-state index in [1.165, 1.54) is 13.8 Å². The fraction of sp³-hybridized carbons (Fsp3) is 0.370. The van der Waals surface area contributed by atoms with Gasteiger partial charge in [0.1, 0.15) is 24.2 Å². The van der Waals surface area contributed by atoms with Crippen molar-refractivity contribution in [1.29, 1.82) is 0 Å². The number of carbonyl (C=O) groups is 4. The Morgan fingerprint density at radius 3 is 2.13 bits per heavy atom. The van der Waals surface area contributed by atoms with Gasteiger partial charge in [0.2, 0.25) is 11.8 Å². The Bertz CT molecular complexity index is 1140. The average Bonchev–Trinajstić information content (AvgIpc) is 2.89. The average molecular weight is 541 g/mol. The Hall–Kier alpha value is -4.61. The summed E-state index contributed by atoms with van der Waals surface area (Å²) in [7, 11) is 0. The van der Waals surface area contributed by atoms with Gasteiger partial charge in [0.05, 0.1) is 0 Å². The van der Waals surface area contributed by atoms with E-state index in [0.29, 0.717) is 6.42 Å². The highest BCUT2D eigenvalue weighted by molar-refractivity contribution is 5.94. The van der Waals surface area contributed by atoms with Gasteiger partial charge in [-0.3, -0.25) is 14.6 Å². The SMILES string of the molecule is C[C@H](NC(=O)[C@](C)(Cc1ccccc1)NC(=O)OCc1ccccc1)C(=O)N[C@@H](CCCN=C(N)N)C(=O)O. The number of alkyl carbamates (subject to hydrolysis) is 1. The first-order chi connectivity index (χ1) is 18.5. The topological polar surface area (TPSA) is 198 Å². The zero-order valence-corrected chi connectivity index (χ0v) is 22.1. The van der Waals surface area contributed by atoms with Crippen LogP contribution in [0.15, 0.2) is 65.7 Å². The van der Waals surface area contributed by atoms with Gasteiger partial charge in [-0.1, -0.05) is 60.7 Å². The minimum absolute atomic E-state index is 0.00821. The van der Waals surface area contributed by atoms with Crippen molar-refractivity contribution in [3.63, 3.8) is 0 Å². The summed E-state index contributed by atoms with van der Waals surface area (Å²) in [5, 5.41) is 17.1. The zero-order valence-electron chi connectivity index (χ0n) is 22.1. The van der Waals surface area contributed by atoms with Crippen molar-refractivity contribution in [1.82, 2.24) is 16.0 Å². The number of nitrogens with one attached hydrogen (secondary N) is 3. The standard InChI is InChI=1S/C27H36N6O6/c1-18(22(34)32-21(23(35)36)14-9-15-30-25(28)29)31-24(37)27(2,16-19-10-5-3-6-11-19)33-26(38)39-17-20-12-7-4-8-13-20/h3-8,10-13,18,21H,9,14-17H2,1-2H3,(H,31,37)(H,32,34)(H,33,38)(H,35,36)(H4,28,29,30)/t18-,21-,27-/m0/s1. The lowest BCUT2D eigenvalue weighted by Gasteiger charge is -2.31. The molecule has 0 heterocycles. The number of benzene rings is 2. The summed E-state index contributed by atoms with van der Waals surface area (Å²) in [6.07, 6.45) is -0.299. The molecule has 0 saturated heterocycles. The molecule has 0 fully saturated rings. The molecular weight excluding hydrogens is 504 g/mol. The summed E-state index contributed by atoms with van der Waals surface area (Å²) in [6.45, 7) is 3.15. The maximum atomic E-state index is 13.4. The van der Waals surface area contributed by atoms with Crippen LogP contribution in [0.4, 0.5) is 4.79 Å². The van der Waals surface area contributed by atoms with Crippen molar-refractivity contribution in [3.8, 4) is 0 Å². The number of carboxylic acids is 1. The van der Waals surface area contributed by atoms with E-state index in [-0.39, 0.29) is 32.0 Å². The molecule has 0 aliphatic heterocycles. The number of guanidine groups is 1. The first-order valence-electron chi connectivity index (χ1n) is 12.4. The second-order valence-corrected chi connectivity index (χ2v) is 9.22. The second kappa shape index (κ2) is 15.0. The van der Waals surface area contributed by atoms with Crippen molar-refractivity contribution >= 4 is 29.8 Å². The Morgan fingerprint density at radius 1 is 0.974 bits per heavy atom. The number of carboxylic acid groups (broad SMARTS) is 1. The molecule has 0 aliphatic carbocycles. The van der Waals surface area contributed by atoms with Crippen LogP contribution in [0.25, 0.3) is 0 Å². The number of ether oxygens (including phenoxy) is 1. The summed E-state index contributed by atoms with van der Waals surface area (Å²) >= 11 is 0. The molecule has 0 aromatic heterocycles. The number of hydrogen-bond donors (Lipinski definition) is 6. The quantitative estimate of drug-likeness (QED) is 0.116. The molecule has 0 saturated carbocycles. The van der Waals surface area contributed by atoms with Crippen molar-refractivity contribution in [3.05, 3.63) is 71.8 Å². The van der Waals surface area contributed by atoms with E-state index in [9.17, 15) is 24.3 Å². The third-order valence-corrected chi connectivity index (χ3v) is 5.79. The lowest BCUT2D eigenvalue weighted by atomic mass is 9.91. The summed E-state index contributed by atoms with van der Waals surface area (Å²) in [6, 6.07) is 15.8. The molecule has 12 heteroatoms. The molecule has 210 valence electrons. The lowest BCUT2D eigenvalue weighted by molar-refractivity contribution is -0.142. The van der Waals surface area contributed by atoms with Crippen LogP contribution in [0.5, 0.6) is 0 Å². The molecular formula is C27H36N6O6. The normalized spacial score (nSPS) is 13.6. The lowest BCUT2D eigenvalue weighted by Crippen LogP contribution is -2.61. The van der Waals surface area contributed by atoms with Crippen molar-refractivity contribution in [2.75, 3.05) is 6.54 Å². The van der Waals surface area contributed by atoms with Crippen molar-refractivity contribution in [2.45, 2.75) is 57.3 Å². The molecule has 3 amide bonds. The minimum atomic E-state index is -1.49. The minimum Gasteiger partial charge on any atom is -0.480 e. The number of nitrogens with two attached hydrogens (primary N) is 2. The van der Waals surface area contributed by atoms with E-state index in [1.54, 1.807) is 36.4 Å². The van der Waals surface area contributed by atoms with Gasteiger partial charge < -0.3 is 37.3 Å². The van der Waals surface area contributed by atoms with Gasteiger partial charge >= 0.3 is 12.1 Å². The third kappa shape index (κ3) is 10.7. The molecule has 39 heavy (non-hydrogen) atoms. The zero-order chi connectivity index (χ0) is 28.8. The maximum absolute atomic E-state index is 13.4. The summed E-state index contributed by atoms with van der Waals surface area (Å²) in [4.78, 5) is 54.2. The number of carbonyl (C=O) groups excluding carboxylic acids is 3. The van der Waals surface area contributed by atoms with Gasteiger partial charge in [-0.15, -0.1) is 0 Å². The van der Waals surface area contributed by atoms with E-state index >= 15 is 0 Å². The van der Waals surface area contributed by atoms with Gasteiger partial charge in [-0.05, 0) is 37.8 Å². The highest BCUT2D eigenvalue weighted by Gasteiger charge is 2.37. The largest absolute Gasteiger partial charge is 0.480 e. The molecule has 12 nitrogen and oxygen atoms in total. The van der Waals surface area contributed by atoms with E-state index < -0.39 is 41.5 Å². The van der Waals surface area contributed by atoms with E-state index in [1.807, 2.05) is 24.3 Å². The first-order valence-corrected chi connectivity index (χ1v) is 12.4. The van der Waals surface area contributed by atoms with Crippen LogP contribution in [0, 0.1) is 0 Å². The molecule has 2 aromatic carbocycles. The summed E-state index contributed by atoms with van der Waals surface area (Å²) in [5.41, 5.74) is 10.6. The third-order valence-electron chi connectivity index (χ3n) is 5.79. The second-order valence-electron chi connectivity index (χ2n) is 9.22. The summed E-state index contributed by atoms with van der Waals surface area (Å²) < 4.78 is 5.31. The molecule has 0 aliphatic rings. The molecule has 2 rings (SSSR count). The number of aliphatic carboxylic acids is 1. The fourth-order valence-corrected chi connectivity index (χ4v) is 3.65. The van der Waals surface area contributed by atoms with Crippen LogP contribution >= 0.6 is 0 Å². The number of aliphatic imine (C=N–C) groups is 1. The van der Waals surface area contributed by atoms with Crippen LogP contribution < -0.4 is 27.4 Å². The van der Waals surface area contributed by atoms with Crippen LogP contribution in [-0.2, 0) is 32.1 Å². The van der Waals surface area contributed by atoms with Crippen LogP contribution in [-0.4, -0.2) is 59.1 Å². The van der Waals surface area contributed by atoms with Gasteiger partial charge in [-0.25, -0.2) is 9.59 Å². The maximum Gasteiger partial charge on any atom is 0.408 e. The predicted octanol–water partition coefficient (Wildman–Crippen LogP) is 1.04. The molecule has 2 aromatic rings. The molecule has 0 spiro atoms.